The molecule has 0 aliphatic carbocycles. The summed E-state index contributed by atoms with van der Waals surface area (Å²) in [4.78, 5) is 23.5. The molecule has 126 valence electrons. The molecule has 2 rings (SSSR count). The summed E-state index contributed by atoms with van der Waals surface area (Å²) in [5.41, 5.74) is 2.89. The van der Waals surface area contributed by atoms with E-state index in [0.29, 0.717) is 28.6 Å². The lowest BCUT2D eigenvalue weighted by atomic mass is 10.1. The summed E-state index contributed by atoms with van der Waals surface area (Å²) >= 11 is 6.08. The number of anilines is 1. The van der Waals surface area contributed by atoms with Gasteiger partial charge in [-0.25, -0.2) is 9.59 Å². The number of benzene rings is 2. The first-order valence-corrected chi connectivity index (χ1v) is 7.81. The Bertz CT molecular complexity index is 756. The predicted molar refractivity (Wildman–Crippen MR) is 93.0 cm³/mol. The van der Waals surface area contributed by atoms with Crippen LogP contribution in [-0.4, -0.2) is 18.7 Å². The van der Waals surface area contributed by atoms with Crippen LogP contribution in [0.3, 0.4) is 0 Å². The van der Waals surface area contributed by atoms with Crippen molar-refractivity contribution < 1.29 is 19.1 Å². The van der Waals surface area contributed by atoms with Crippen molar-refractivity contribution in [3.05, 3.63) is 58.1 Å². The summed E-state index contributed by atoms with van der Waals surface area (Å²) in [6.45, 7) is 5.88. The lowest BCUT2D eigenvalue weighted by Gasteiger charge is -2.10. The fourth-order valence-corrected chi connectivity index (χ4v) is 2.24. The maximum atomic E-state index is 12.0. The molecule has 2 aromatic carbocycles. The number of halogens is 1. The highest BCUT2D eigenvalue weighted by Crippen LogP contribution is 2.28. The van der Waals surface area contributed by atoms with E-state index in [2.05, 4.69) is 5.32 Å². The zero-order valence-electron chi connectivity index (χ0n) is 13.7. The molecule has 0 saturated carbocycles. The maximum absolute atomic E-state index is 12.0. The van der Waals surface area contributed by atoms with Crippen molar-refractivity contribution in [1.29, 1.82) is 0 Å². The van der Waals surface area contributed by atoms with Crippen molar-refractivity contribution in [2.45, 2.75) is 20.8 Å². The molecule has 0 aliphatic heterocycles. The molecule has 6 heteroatoms. The van der Waals surface area contributed by atoms with E-state index in [1.807, 2.05) is 13.8 Å². The van der Waals surface area contributed by atoms with Gasteiger partial charge in [-0.05, 0) is 68.3 Å². The van der Waals surface area contributed by atoms with Crippen LogP contribution in [0.4, 0.5) is 10.5 Å². The van der Waals surface area contributed by atoms with Crippen molar-refractivity contribution in [3.63, 3.8) is 0 Å². The number of rotatable bonds is 4. The van der Waals surface area contributed by atoms with Crippen molar-refractivity contribution in [2.75, 3.05) is 11.9 Å². The van der Waals surface area contributed by atoms with Crippen LogP contribution in [0.5, 0.6) is 5.75 Å². The first-order valence-electron chi connectivity index (χ1n) is 7.43. The summed E-state index contributed by atoms with van der Waals surface area (Å²) in [7, 11) is 0. The molecule has 0 aromatic heterocycles. The van der Waals surface area contributed by atoms with Crippen LogP contribution in [0, 0.1) is 13.8 Å². The molecule has 0 radical (unpaired) electrons. The SMILES string of the molecule is CCOC(=O)c1ccc(NC(=O)Oc2cc(C)c(C)cc2Cl)cc1. The molecule has 0 unspecified atom stereocenters. The van der Waals surface area contributed by atoms with Gasteiger partial charge >= 0.3 is 12.1 Å². The second-order valence-electron chi connectivity index (χ2n) is 5.18. The van der Waals surface area contributed by atoms with Crippen LogP contribution >= 0.6 is 11.6 Å². The summed E-state index contributed by atoms with van der Waals surface area (Å²) in [5.74, 6) is -0.117. The molecule has 5 nitrogen and oxygen atoms in total. The Morgan fingerprint density at radius 2 is 1.71 bits per heavy atom. The van der Waals surface area contributed by atoms with E-state index >= 15 is 0 Å². The van der Waals surface area contributed by atoms with E-state index < -0.39 is 12.1 Å². The second-order valence-corrected chi connectivity index (χ2v) is 5.59. The average Bonchev–Trinajstić information content (AvgIpc) is 2.53. The molecule has 24 heavy (non-hydrogen) atoms. The van der Waals surface area contributed by atoms with Gasteiger partial charge in [0, 0.05) is 5.69 Å². The van der Waals surface area contributed by atoms with Crippen LogP contribution < -0.4 is 10.1 Å². The number of amides is 1. The standard InChI is InChI=1S/C18H18ClNO4/c1-4-23-17(21)13-5-7-14(8-6-13)20-18(22)24-16-10-12(3)11(2)9-15(16)19/h5-10H,4H2,1-3H3,(H,20,22). The van der Waals surface area contributed by atoms with E-state index in [9.17, 15) is 9.59 Å². The zero-order valence-corrected chi connectivity index (χ0v) is 14.4. The van der Waals surface area contributed by atoms with Crippen molar-refractivity contribution in [1.82, 2.24) is 0 Å². The summed E-state index contributed by atoms with van der Waals surface area (Å²) in [5, 5.41) is 2.94. The normalized spacial score (nSPS) is 10.2. The van der Waals surface area contributed by atoms with E-state index in [0.717, 1.165) is 11.1 Å². The molecule has 0 heterocycles. The number of nitrogens with one attached hydrogen (secondary N) is 1. The zero-order chi connectivity index (χ0) is 17.7. The minimum Gasteiger partial charge on any atom is -0.462 e. The highest BCUT2D eigenvalue weighted by Gasteiger charge is 2.11. The maximum Gasteiger partial charge on any atom is 0.417 e. The molecule has 2 aromatic rings. The van der Waals surface area contributed by atoms with Gasteiger partial charge in [0.05, 0.1) is 17.2 Å². The highest BCUT2D eigenvalue weighted by molar-refractivity contribution is 6.32. The van der Waals surface area contributed by atoms with Crippen LogP contribution in [0.2, 0.25) is 5.02 Å². The first kappa shape index (κ1) is 17.8. The van der Waals surface area contributed by atoms with Gasteiger partial charge in [-0.1, -0.05) is 11.6 Å². The Kier molecular flexibility index (Phi) is 5.82. The van der Waals surface area contributed by atoms with Crippen LogP contribution in [0.1, 0.15) is 28.4 Å². The average molecular weight is 348 g/mol. The molecule has 0 aliphatic rings. The van der Waals surface area contributed by atoms with E-state index in [4.69, 9.17) is 21.1 Å². The number of hydrogen-bond acceptors (Lipinski definition) is 4. The monoisotopic (exact) mass is 347 g/mol. The van der Waals surface area contributed by atoms with Crippen LogP contribution in [0.25, 0.3) is 0 Å². The molecule has 0 saturated heterocycles. The lowest BCUT2D eigenvalue weighted by Crippen LogP contribution is -2.17. The van der Waals surface area contributed by atoms with Crippen LogP contribution in [0.15, 0.2) is 36.4 Å². The molecule has 1 N–H and O–H groups in total. The van der Waals surface area contributed by atoms with Crippen molar-refractivity contribution in [3.8, 4) is 5.75 Å². The summed E-state index contributed by atoms with van der Waals surface area (Å²) < 4.78 is 10.1. The van der Waals surface area contributed by atoms with E-state index in [1.54, 1.807) is 43.3 Å². The Hall–Kier alpha value is -2.53. The summed E-state index contributed by atoms with van der Waals surface area (Å²) in [6, 6.07) is 9.77. The minimum atomic E-state index is -0.663. The van der Waals surface area contributed by atoms with Gasteiger partial charge in [0.2, 0.25) is 0 Å². The lowest BCUT2D eigenvalue weighted by molar-refractivity contribution is 0.0526. The minimum absolute atomic E-state index is 0.292. The third-order valence-corrected chi connectivity index (χ3v) is 3.69. The molecule has 0 spiro atoms. The smallest absolute Gasteiger partial charge is 0.417 e. The molecule has 1 amide bonds. The van der Waals surface area contributed by atoms with E-state index in [1.165, 1.54) is 0 Å². The van der Waals surface area contributed by atoms with Gasteiger partial charge in [-0.2, -0.15) is 0 Å². The van der Waals surface area contributed by atoms with Gasteiger partial charge in [0.1, 0.15) is 0 Å². The number of esters is 1. The van der Waals surface area contributed by atoms with Gasteiger partial charge in [0.15, 0.2) is 5.75 Å². The largest absolute Gasteiger partial charge is 0.462 e. The van der Waals surface area contributed by atoms with Gasteiger partial charge in [-0.3, -0.25) is 5.32 Å². The van der Waals surface area contributed by atoms with Gasteiger partial charge in [-0.15, -0.1) is 0 Å². The predicted octanol–water partition coefficient (Wildman–Crippen LogP) is 4.74. The Morgan fingerprint density at radius 1 is 1.08 bits per heavy atom. The van der Waals surface area contributed by atoms with Crippen molar-refractivity contribution >= 4 is 29.4 Å². The number of carbonyl (C=O) groups excluding carboxylic acids is 2. The number of hydrogen-bond donors (Lipinski definition) is 1. The molecule has 0 bridgehead atoms. The fourth-order valence-electron chi connectivity index (χ4n) is 1.98. The molecule has 0 fully saturated rings. The first-order chi connectivity index (χ1) is 11.4. The number of aryl methyl sites for hydroxylation is 2. The van der Waals surface area contributed by atoms with Gasteiger partial charge in [0.25, 0.3) is 0 Å². The molecule has 0 atom stereocenters. The van der Waals surface area contributed by atoms with Gasteiger partial charge < -0.3 is 9.47 Å². The topological polar surface area (TPSA) is 64.6 Å². The summed E-state index contributed by atoms with van der Waals surface area (Å²) in [6.07, 6.45) is -0.663. The van der Waals surface area contributed by atoms with E-state index in [-0.39, 0.29) is 0 Å². The molecular weight excluding hydrogens is 330 g/mol. The fraction of sp³-hybridized carbons (Fsp3) is 0.222. The third kappa shape index (κ3) is 4.49. The number of carbonyl (C=O) groups is 2. The Balaban J connectivity index is 2.02. The second kappa shape index (κ2) is 7.84. The highest BCUT2D eigenvalue weighted by atomic mass is 35.5. The van der Waals surface area contributed by atoms with Crippen LogP contribution in [-0.2, 0) is 4.74 Å². The quantitative estimate of drug-likeness (QED) is 0.811. The third-order valence-electron chi connectivity index (χ3n) is 3.39. The number of ether oxygens (including phenoxy) is 2. The molecular formula is C18H18ClNO4. The Labute approximate surface area is 145 Å². The Morgan fingerprint density at radius 3 is 2.33 bits per heavy atom. The van der Waals surface area contributed by atoms with Crippen molar-refractivity contribution in [2.24, 2.45) is 0 Å².